The predicted molar refractivity (Wildman–Crippen MR) is 366 cm³/mol. The second-order valence-corrected chi connectivity index (χ2v) is 30.1. The van der Waals surface area contributed by atoms with Crippen molar-refractivity contribution in [2.24, 2.45) is 5.73 Å². The van der Waals surface area contributed by atoms with Crippen molar-refractivity contribution in [3.05, 3.63) is 82.0 Å². The molecule has 2 aromatic carbocycles. The van der Waals surface area contributed by atoms with Crippen LogP contribution in [0.4, 0.5) is 5.82 Å². The predicted octanol–water partition coefficient (Wildman–Crippen LogP) is -4.20. The Balaban J connectivity index is 1.28. The normalized spacial score (nSPS) is 13.7. The molecule has 0 unspecified atom stereocenters. The van der Waals surface area contributed by atoms with Crippen molar-refractivity contribution in [1.29, 1.82) is 0 Å². The third-order valence-corrected chi connectivity index (χ3v) is 19.4. The van der Waals surface area contributed by atoms with Gasteiger partial charge in [-0.2, -0.15) is 30.0 Å². The maximum absolute atomic E-state index is 13.7. The number of carbonyl (C=O) groups is 10. The standard InChI is InChI=1S/C60H89N13O26S4/c1-38-29-44(30-39(2)54(38)103(97,98)70-45(60(86)87)31-65-56(82)42-13-10-40(11-14-42)12-16-43-17-15-41-7-5-19-63-55(41)66-43)99-28-6-8-49(74)62-20-21-64-57(83)46(35-100(88,89)90)68-59(85)48(37-102(94,95)96)69-58(84)47(36-101(91,92)93)67-50(75)32-72(23-18-61)25-27-73(34-53(80)81)26-24-71(33-52(78)79)22-4-3-9-51(76)77/h10-11,13-15,17,29-30,45-48,70H,3-9,12,16,18-28,31-37,61H2,1-2H3,(H,62,74)(H,63,66)(H,64,83)(H,65,82)(H,67,75)(H,68,85)(H,69,84)(H,76,77)(H,78,79)(H,80,81)(H,86,87)(H,88,89,90)(H,91,92,93)(H,94,95,96)/t45-,46-,47-,48-/m0/s1. The van der Waals surface area contributed by atoms with Crippen molar-refractivity contribution in [2.75, 3.05) is 121 Å². The first-order chi connectivity index (χ1) is 48.2. The van der Waals surface area contributed by atoms with Crippen molar-refractivity contribution in [2.45, 2.75) is 101 Å². The Kier molecular flexibility index (Phi) is 35.1. The Labute approximate surface area is 594 Å². The number of unbranched alkanes of at least 4 members (excludes halogenated alkanes) is 1. The summed E-state index contributed by atoms with van der Waals surface area (Å²) in [5.41, 5.74) is 9.26. The van der Waals surface area contributed by atoms with Crippen LogP contribution in [-0.2, 0) is 103 Å². The molecule has 0 saturated carbocycles. The highest BCUT2D eigenvalue weighted by Gasteiger charge is 2.36. The van der Waals surface area contributed by atoms with E-state index in [1.54, 1.807) is 34.9 Å². The van der Waals surface area contributed by atoms with E-state index < -0.39 is 174 Å². The average molecular weight is 1540 g/mol. The number of nitrogens with zero attached hydrogens (tertiary/aromatic N) is 4. The van der Waals surface area contributed by atoms with Crippen LogP contribution in [0.5, 0.6) is 5.75 Å². The molecule has 1 aliphatic heterocycles. The molecule has 6 amide bonds. The van der Waals surface area contributed by atoms with Crippen LogP contribution in [-0.4, -0.2) is 286 Å². The van der Waals surface area contributed by atoms with Gasteiger partial charge in [0.2, 0.25) is 39.6 Å². The topological polar surface area (TPSA) is 603 Å². The number of carbonyl (C=O) groups excluding carboxylic acids is 6. The fourth-order valence-corrected chi connectivity index (χ4v) is 14.1. The van der Waals surface area contributed by atoms with Crippen molar-refractivity contribution in [1.82, 2.24) is 56.3 Å². The minimum atomic E-state index is -5.34. The maximum atomic E-state index is 13.7. The molecule has 0 aliphatic carbocycles. The van der Waals surface area contributed by atoms with Crippen molar-refractivity contribution in [3.63, 3.8) is 0 Å². The van der Waals surface area contributed by atoms with E-state index in [4.69, 9.17) is 20.6 Å². The first-order valence-electron chi connectivity index (χ1n) is 32.1. The lowest BCUT2D eigenvalue weighted by Crippen LogP contribution is -2.60. The fraction of sp³-hybridized carbons (Fsp3) is 0.550. The highest BCUT2D eigenvalue weighted by molar-refractivity contribution is 7.89. The number of aryl methyl sites for hydroxylation is 5. The summed E-state index contributed by atoms with van der Waals surface area (Å²) in [7, 11) is -20.3. The third kappa shape index (κ3) is 34.0. The number of aliphatic carboxylic acids is 4. The number of anilines is 1. The number of rotatable bonds is 49. The van der Waals surface area contributed by atoms with E-state index in [9.17, 15) is 111 Å². The molecule has 0 saturated heterocycles. The van der Waals surface area contributed by atoms with Crippen LogP contribution in [0.1, 0.15) is 76.8 Å². The Bertz CT molecular complexity index is 3920. The summed E-state index contributed by atoms with van der Waals surface area (Å²) in [6, 6.07) is 4.42. The lowest BCUT2D eigenvalue weighted by atomic mass is 10.0. The number of nitrogens with one attached hydrogen (secondary N) is 8. The smallest absolute Gasteiger partial charge is 0.323 e. The van der Waals surface area contributed by atoms with Gasteiger partial charge in [0.05, 0.1) is 31.1 Å². The molecule has 3 aromatic rings. The SMILES string of the molecule is Cc1cc(OCCCC(=O)NCCNC(=O)[C@H](CS(=O)(=O)O)NC(=O)[C@H](CS(=O)(=O)O)NC(=O)[C@H](CS(=O)(=O)O)NC(=O)CN(CCN)CCN(CCN(CCCCC(=O)O)CC(=O)O)CC(=O)O)cc(C)c1S(=O)(=O)N[C@@H](CNC(=O)c1ccc(CCc2ccc3c(n2)NCCC3)cc1)C(=O)O. The molecule has 17 N–H and O–H groups in total. The number of pyridine rings is 1. The number of ether oxygens (including phenoxy) is 1. The Morgan fingerprint density at radius 3 is 1.65 bits per heavy atom. The van der Waals surface area contributed by atoms with Gasteiger partial charge in [-0.15, -0.1) is 0 Å². The number of sulfonamides is 1. The number of benzene rings is 2. The van der Waals surface area contributed by atoms with Gasteiger partial charge >= 0.3 is 23.9 Å². The molecule has 0 fully saturated rings. The van der Waals surface area contributed by atoms with Gasteiger partial charge in [0.15, 0.2) is 0 Å². The van der Waals surface area contributed by atoms with E-state index >= 15 is 0 Å². The van der Waals surface area contributed by atoms with Gasteiger partial charge in [0, 0.05) is 89.5 Å². The van der Waals surface area contributed by atoms with Crippen LogP contribution in [0.15, 0.2) is 53.4 Å². The molecule has 4 rings (SSSR count). The fourth-order valence-electron chi connectivity index (χ4n) is 10.5. The zero-order valence-electron chi connectivity index (χ0n) is 56.4. The third-order valence-electron chi connectivity index (χ3n) is 15.3. The van der Waals surface area contributed by atoms with Crippen LogP contribution in [0, 0.1) is 13.8 Å². The molecule has 4 atom stereocenters. The molecule has 1 aliphatic rings. The van der Waals surface area contributed by atoms with Crippen molar-refractivity contribution in [3.8, 4) is 5.75 Å². The zero-order chi connectivity index (χ0) is 76.8. The number of amides is 6. The Morgan fingerprint density at radius 2 is 1.12 bits per heavy atom. The number of carboxylic acids is 4. The molecule has 0 spiro atoms. The molecule has 43 heteroatoms. The summed E-state index contributed by atoms with van der Waals surface area (Å²) in [5, 5.41) is 53.7. The van der Waals surface area contributed by atoms with Crippen molar-refractivity contribution >= 4 is 106 Å². The minimum Gasteiger partial charge on any atom is -0.494 e. The monoisotopic (exact) mass is 1540 g/mol. The Hall–Kier alpha value is -8.63. The Morgan fingerprint density at radius 1 is 0.583 bits per heavy atom. The van der Waals surface area contributed by atoms with Gasteiger partial charge in [0.25, 0.3) is 36.3 Å². The number of nitrogens with two attached hydrogens (primary N) is 1. The molecular formula is C60H89N13O26S4. The van der Waals surface area contributed by atoms with Crippen LogP contribution < -0.4 is 52.4 Å². The van der Waals surface area contributed by atoms with Crippen LogP contribution in [0.25, 0.3) is 0 Å². The van der Waals surface area contributed by atoms with Gasteiger partial charge in [-0.05, 0) is 118 Å². The molecular weight excluding hydrogens is 1450 g/mol. The number of fused-ring (bicyclic) bond motifs is 1. The van der Waals surface area contributed by atoms with Gasteiger partial charge in [-0.25, -0.2) is 13.4 Å². The number of hydrogen-bond donors (Lipinski definition) is 16. The summed E-state index contributed by atoms with van der Waals surface area (Å²) in [6.07, 6.45) is 3.55. The van der Waals surface area contributed by atoms with Crippen molar-refractivity contribution < 1.29 is 120 Å². The largest absolute Gasteiger partial charge is 0.494 e. The van der Waals surface area contributed by atoms with Crippen LogP contribution in [0.3, 0.4) is 0 Å². The average Bonchev–Trinajstić information content (AvgIpc) is 0.791. The number of hydrogen-bond acceptors (Lipinski definition) is 25. The molecule has 1 aromatic heterocycles. The molecule has 0 bridgehead atoms. The summed E-state index contributed by atoms with van der Waals surface area (Å²) in [4.78, 5) is 135. The summed E-state index contributed by atoms with van der Waals surface area (Å²) in [5.74, 6) is -16.4. The summed E-state index contributed by atoms with van der Waals surface area (Å²) < 4.78 is 137. The quantitative estimate of drug-likeness (QED) is 0.0188. The van der Waals surface area contributed by atoms with E-state index in [1.807, 2.05) is 11.4 Å². The number of carboxylic acid groups (broad SMARTS) is 4. The van der Waals surface area contributed by atoms with E-state index in [0.717, 1.165) is 36.5 Å². The van der Waals surface area contributed by atoms with Gasteiger partial charge < -0.3 is 68.1 Å². The molecule has 103 heavy (non-hydrogen) atoms. The number of aromatic nitrogens is 1. The van der Waals surface area contributed by atoms with E-state index in [-0.39, 0.29) is 112 Å². The lowest BCUT2D eigenvalue weighted by Gasteiger charge is -2.29. The maximum Gasteiger partial charge on any atom is 0.323 e. The minimum absolute atomic E-state index is 0.0100. The first-order valence-corrected chi connectivity index (χ1v) is 38.4. The highest BCUT2D eigenvalue weighted by Crippen LogP contribution is 2.27. The molecule has 574 valence electrons. The van der Waals surface area contributed by atoms with Gasteiger partial charge in [-0.3, -0.25) is 76.3 Å². The highest BCUT2D eigenvalue weighted by atomic mass is 32.2. The van der Waals surface area contributed by atoms with Crippen LogP contribution in [0.2, 0.25) is 0 Å². The summed E-state index contributed by atoms with van der Waals surface area (Å²) in [6.45, 7) is 0.0302. The lowest BCUT2D eigenvalue weighted by molar-refractivity contribution is -0.140. The molecule has 0 radical (unpaired) electrons. The molecule has 39 nitrogen and oxygen atoms in total. The first kappa shape index (κ1) is 86.8. The van der Waals surface area contributed by atoms with E-state index in [1.165, 1.54) is 46.2 Å². The zero-order valence-corrected chi connectivity index (χ0v) is 59.7. The summed E-state index contributed by atoms with van der Waals surface area (Å²) >= 11 is 0. The van der Waals surface area contributed by atoms with E-state index in [0.29, 0.717) is 19.3 Å². The second kappa shape index (κ2) is 41.6. The second-order valence-electron chi connectivity index (χ2n) is 24.0. The van der Waals surface area contributed by atoms with Gasteiger partial charge in [-0.1, -0.05) is 18.2 Å². The van der Waals surface area contributed by atoms with E-state index in [2.05, 4.69) is 32.1 Å². The van der Waals surface area contributed by atoms with Crippen LogP contribution >= 0.6 is 0 Å². The molecule has 2 heterocycles. The van der Waals surface area contributed by atoms with Gasteiger partial charge in [0.1, 0.15) is 53.0 Å².